The summed E-state index contributed by atoms with van der Waals surface area (Å²) in [5, 5.41) is 8.35. The first-order chi connectivity index (χ1) is 8.72. The topological polar surface area (TPSA) is 70.2 Å². The van der Waals surface area contributed by atoms with Crippen LogP contribution in [0.2, 0.25) is 0 Å². The molecule has 0 saturated heterocycles. The molecular weight excluding hydrogens is 230 g/mol. The molecule has 0 radical (unpaired) electrons. The van der Waals surface area contributed by atoms with Crippen LogP contribution in [0.25, 0.3) is 0 Å². The SMILES string of the molecule is CNCCNC(=O)CNC(=O)CC1CCCCC1. The molecule has 0 unspecified atom stereocenters. The molecule has 2 amide bonds. The number of carbonyl (C=O) groups excluding carboxylic acids is 2. The highest BCUT2D eigenvalue weighted by Gasteiger charge is 2.17. The van der Waals surface area contributed by atoms with Crippen molar-refractivity contribution in [1.82, 2.24) is 16.0 Å². The van der Waals surface area contributed by atoms with Gasteiger partial charge < -0.3 is 16.0 Å². The maximum absolute atomic E-state index is 11.6. The van der Waals surface area contributed by atoms with Gasteiger partial charge in [0.2, 0.25) is 11.8 Å². The summed E-state index contributed by atoms with van der Waals surface area (Å²) >= 11 is 0. The van der Waals surface area contributed by atoms with Crippen LogP contribution >= 0.6 is 0 Å². The Labute approximate surface area is 109 Å². The lowest BCUT2D eigenvalue weighted by Gasteiger charge is -2.20. The molecule has 0 bridgehead atoms. The van der Waals surface area contributed by atoms with Crippen LogP contribution in [0.4, 0.5) is 0 Å². The number of nitrogens with one attached hydrogen (secondary N) is 3. The standard InChI is InChI=1S/C13H25N3O2/c1-14-7-8-15-13(18)10-16-12(17)9-11-5-3-2-4-6-11/h11,14H,2-10H2,1H3,(H,15,18)(H,16,17). The maximum atomic E-state index is 11.6. The summed E-state index contributed by atoms with van der Waals surface area (Å²) in [5.41, 5.74) is 0. The molecule has 104 valence electrons. The lowest BCUT2D eigenvalue weighted by Crippen LogP contribution is -2.39. The van der Waals surface area contributed by atoms with E-state index in [-0.39, 0.29) is 18.4 Å². The predicted octanol–water partition coefficient (Wildman–Crippen LogP) is 0.409. The zero-order chi connectivity index (χ0) is 13.2. The van der Waals surface area contributed by atoms with Gasteiger partial charge >= 0.3 is 0 Å². The van der Waals surface area contributed by atoms with Gasteiger partial charge in [0.25, 0.3) is 0 Å². The van der Waals surface area contributed by atoms with Gasteiger partial charge in [0.1, 0.15) is 0 Å². The molecule has 1 fully saturated rings. The fraction of sp³-hybridized carbons (Fsp3) is 0.846. The van der Waals surface area contributed by atoms with Crippen LogP contribution in [0.15, 0.2) is 0 Å². The molecular formula is C13H25N3O2. The molecule has 0 aromatic rings. The normalized spacial score (nSPS) is 16.3. The Balaban J connectivity index is 2.06. The Hall–Kier alpha value is -1.10. The quantitative estimate of drug-likeness (QED) is 0.577. The molecule has 0 heterocycles. The van der Waals surface area contributed by atoms with Crippen molar-refractivity contribution in [3.63, 3.8) is 0 Å². The van der Waals surface area contributed by atoms with Gasteiger partial charge in [-0.1, -0.05) is 19.3 Å². The van der Waals surface area contributed by atoms with Gasteiger partial charge in [-0.2, -0.15) is 0 Å². The Bertz CT molecular complexity index is 263. The van der Waals surface area contributed by atoms with Crippen LogP contribution in [0.5, 0.6) is 0 Å². The van der Waals surface area contributed by atoms with Gasteiger partial charge in [-0.05, 0) is 25.8 Å². The van der Waals surface area contributed by atoms with Crippen LogP contribution in [-0.2, 0) is 9.59 Å². The molecule has 5 nitrogen and oxygen atoms in total. The third-order valence-electron chi connectivity index (χ3n) is 3.34. The third kappa shape index (κ3) is 6.59. The summed E-state index contributed by atoms with van der Waals surface area (Å²) < 4.78 is 0. The molecule has 0 atom stereocenters. The molecule has 5 heteroatoms. The number of likely N-dealkylation sites (N-methyl/N-ethyl adjacent to an activating group) is 1. The van der Waals surface area contributed by atoms with E-state index in [9.17, 15) is 9.59 Å². The van der Waals surface area contributed by atoms with Gasteiger partial charge in [-0.25, -0.2) is 0 Å². The third-order valence-corrected chi connectivity index (χ3v) is 3.34. The average molecular weight is 255 g/mol. The monoisotopic (exact) mass is 255 g/mol. The van der Waals surface area contributed by atoms with E-state index >= 15 is 0 Å². The number of hydrogen-bond acceptors (Lipinski definition) is 3. The van der Waals surface area contributed by atoms with Gasteiger partial charge in [0, 0.05) is 19.5 Å². The molecule has 1 rings (SSSR count). The summed E-state index contributed by atoms with van der Waals surface area (Å²) in [7, 11) is 1.83. The van der Waals surface area contributed by atoms with E-state index in [0.29, 0.717) is 18.9 Å². The van der Waals surface area contributed by atoms with E-state index in [1.807, 2.05) is 7.05 Å². The minimum Gasteiger partial charge on any atom is -0.353 e. The van der Waals surface area contributed by atoms with Crippen molar-refractivity contribution >= 4 is 11.8 Å². The highest BCUT2D eigenvalue weighted by Crippen LogP contribution is 2.25. The van der Waals surface area contributed by atoms with Crippen LogP contribution < -0.4 is 16.0 Å². The van der Waals surface area contributed by atoms with E-state index in [1.54, 1.807) is 0 Å². The van der Waals surface area contributed by atoms with E-state index in [2.05, 4.69) is 16.0 Å². The van der Waals surface area contributed by atoms with Crippen molar-refractivity contribution < 1.29 is 9.59 Å². The summed E-state index contributed by atoms with van der Waals surface area (Å²) in [4.78, 5) is 23.0. The Morgan fingerprint density at radius 2 is 1.72 bits per heavy atom. The first-order valence-corrected chi connectivity index (χ1v) is 6.90. The Morgan fingerprint density at radius 3 is 2.39 bits per heavy atom. The van der Waals surface area contributed by atoms with E-state index < -0.39 is 0 Å². The number of amides is 2. The summed E-state index contributed by atoms with van der Waals surface area (Å²) in [6.07, 6.45) is 6.66. The molecule has 0 aliphatic heterocycles. The molecule has 0 aromatic heterocycles. The zero-order valence-corrected chi connectivity index (χ0v) is 11.3. The van der Waals surface area contributed by atoms with Crippen molar-refractivity contribution in [3.8, 4) is 0 Å². The van der Waals surface area contributed by atoms with Crippen LogP contribution in [0, 0.1) is 5.92 Å². The Kier molecular flexibility index (Phi) is 7.41. The van der Waals surface area contributed by atoms with Crippen LogP contribution in [0.1, 0.15) is 38.5 Å². The number of carbonyl (C=O) groups is 2. The lowest BCUT2D eigenvalue weighted by molar-refractivity contribution is -0.126. The zero-order valence-electron chi connectivity index (χ0n) is 11.3. The van der Waals surface area contributed by atoms with Gasteiger partial charge in [0.15, 0.2) is 0 Å². The first-order valence-electron chi connectivity index (χ1n) is 6.90. The predicted molar refractivity (Wildman–Crippen MR) is 71.1 cm³/mol. The van der Waals surface area contributed by atoms with Crippen molar-refractivity contribution in [1.29, 1.82) is 0 Å². The molecule has 0 spiro atoms. The van der Waals surface area contributed by atoms with Crippen molar-refractivity contribution in [2.75, 3.05) is 26.7 Å². The van der Waals surface area contributed by atoms with E-state index in [4.69, 9.17) is 0 Å². The first kappa shape index (κ1) is 15.0. The van der Waals surface area contributed by atoms with Gasteiger partial charge in [-0.3, -0.25) is 9.59 Å². The van der Waals surface area contributed by atoms with Crippen molar-refractivity contribution in [2.45, 2.75) is 38.5 Å². The smallest absolute Gasteiger partial charge is 0.239 e. The van der Waals surface area contributed by atoms with Crippen LogP contribution in [0.3, 0.4) is 0 Å². The minimum absolute atomic E-state index is 0.00525. The van der Waals surface area contributed by atoms with Crippen molar-refractivity contribution in [3.05, 3.63) is 0 Å². The van der Waals surface area contributed by atoms with Crippen molar-refractivity contribution in [2.24, 2.45) is 5.92 Å². The van der Waals surface area contributed by atoms with Gasteiger partial charge in [-0.15, -0.1) is 0 Å². The fourth-order valence-electron chi connectivity index (χ4n) is 2.29. The molecule has 18 heavy (non-hydrogen) atoms. The largest absolute Gasteiger partial charge is 0.353 e. The highest BCUT2D eigenvalue weighted by molar-refractivity contribution is 5.84. The second-order valence-electron chi connectivity index (χ2n) is 4.94. The van der Waals surface area contributed by atoms with Crippen LogP contribution in [-0.4, -0.2) is 38.5 Å². The molecule has 1 aliphatic carbocycles. The van der Waals surface area contributed by atoms with Gasteiger partial charge in [0.05, 0.1) is 6.54 Å². The molecule has 0 aromatic carbocycles. The van der Waals surface area contributed by atoms with E-state index in [0.717, 1.165) is 19.4 Å². The maximum Gasteiger partial charge on any atom is 0.239 e. The van der Waals surface area contributed by atoms with E-state index in [1.165, 1.54) is 19.3 Å². The molecule has 3 N–H and O–H groups in total. The second kappa shape index (κ2) is 8.91. The average Bonchev–Trinajstić information content (AvgIpc) is 2.38. The second-order valence-corrected chi connectivity index (χ2v) is 4.94. The minimum atomic E-state index is -0.123. The lowest BCUT2D eigenvalue weighted by atomic mass is 9.87. The fourth-order valence-corrected chi connectivity index (χ4v) is 2.29. The molecule has 1 aliphatic rings. The number of rotatable bonds is 7. The summed E-state index contributed by atoms with van der Waals surface area (Å²) in [5.74, 6) is 0.402. The summed E-state index contributed by atoms with van der Waals surface area (Å²) in [6.45, 7) is 1.42. The summed E-state index contributed by atoms with van der Waals surface area (Å²) in [6, 6.07) is 0. The highest BCUT2D eigenvalue weighted by atomic mass is 16.2. The Morgan fingerprint density at radius 1 is 1.00 bits per heavy atom. The molecule has 1 saturated carbocycles. The number of hydrogen-bond donors (Lipinski definition) is 3.